The molecule has 1 saturated heterocycles. The summed E-state index contributed by atoms with van der Waals surface area (Å²) >= 11 is 0. The maximum Gasteiger partial charge on any atom is 0.303 e. The predicted octanol–water partition coefficient (Wildman–Crippen LogP) is 2.93. The third-order valence-electron chi connectivity index (χ3n) is 3.31. The van der Waals surface area contributed by atoms with E-state index in [2.05, 4.69) is 11.8 Å². The number of carboxylic acids is 1. The molecule has 0 aromatic rings. The van der Waals surface area contributed by atoms with Crippen molar-refractivity contribution in [3.8, 4) is 0 Å². The molecule has 1 atom stereocenters. The molecule has 1 heterocycles. The molecule has 4 heteroatoms. The molecule has 0 bridgehead atoms. The number of carboxylic acid groups (broad SMARTS) is 1. The lowest BCUT2D eigenvalue weighted by Crippen LogP contribution is -2.39. The van der Waals surface area contributed by atoms with E-state index in [1.54, 1.807) is 0 Å². The smallest absolute Gasteiger partial charge is 0.303 e. The Morgan fingerprint density at radius 1 is 1.38 bits per heavy atom. The molecule has 0 amide bonds. The Morgan fingerprint density at radius 2 is 2.12 bits per heavy atom. The molecule has 96 valence electrons. The second-order valence-corrected chi connectivity index (χ2v) is 4.44. The zero-order valence-corrected chi connectivity index (χ0v) is 11.0. The van der Waals surface area contributed by atoms with Gasteiger partial charge >= 0.3 is 5.97 Å². The normalized spacial score (nSPS) is 21.4. The quantitative estimate of drug-likeness (QED) is 0.736. The monoisotopic (exact) mass is 249 g/mol. The second-order valence-electron chi connectivity index (χ2n) is 4.44. The molecule has 3 nitrogen and oxygen atoms in total. The van der Waals surface area contributed by atoms with Crippen LogP contribution in [0.1, 0.15) is 51.9 Å². The minimum atomic E-state index is -0.666. The van der Waals surface area contributed by atoms with Crippen molar-refractivity contribution < 1.29 is 9.90 Å². The van der Waals surface area contributed by atoms with Crippen LogP contribution < -0.4 is 0 Å². The van der Waals surface area contributed by atoms with Crippen LogP contribution in [0.25, 0.3) is 0 Å². The van der Waals surface area contributed by atoms with Crippen LogP contribution in [0.15, 0.2) is 0 Å². The number of nitrogens with zero attached hydrogens (tertiary/aromatic N) is 1. The zero-order valence-electron chi connectivity index (χ0n) is 10.2. The standard InChI is InChI=1S/C12H23NO2.ClH/c1-2-11-7-3-5-9-13(11)10-6-4-8-12(14)15;/h11H,2-10H2,1H3,(H,14,15);1H. The van der Waals surface area contributed by atoms with Gasteiger partial charge in [-0.3, -0.25) is 4.79 Å². The first-order chi connectivity index (χ1) is 7.24. The van der Waals surface area contributed by atoms with Gasteiger partial charge in [-0.2, -0.15) is 0 Å². The Balaban J connectivity index is 0.00000225. The molecule has 1 fully saturated rings. The number of hydrogen-bond donors (Lipinski definition) is 1. The van der Waals surface area contributed by atoms with Gasteiger partial charge in [0.2, 0.25) is 0 Å². The van der Waals surface area contributed by atoms with E-state index >= 15 is 0 Å². The van der Waals surface area contributed by atoms with E-state index in [-0.39, 0.29) is 12.4 Å². The van der Waals surface area contributed by atoms with Crippen LogP contribution in [0.4, 0.5) is 0 Å². The molecule has 0 radical (unpaired) electrons. The number of rotatable bonds is 6. The van der Waals surface area contributed by atoms with Gasteiger partial charge in [0.25, 0.3) is 0 Å². The Labute approximate surface area is 105 Å². The fourth-order valence-electron chi connectivity index (χ4n) is 2.41. The Kier molecular flexibility index (Phi) is 8.67. The van der Waals surface area contributed by atoms with Crippen molar-refractivity contribution in [3.63, 3.8) is 0 Å². The van der Waals surface area contributed by atoms with Crippen molar-refractivity contribution in [1.29, 1.82) is 0 Å². The molecule has 0 aromatic heterocycles. The van der Waals surface area contributed by atoms with Crippen molar-refractivity contribution in [2.24, 2.45) is 0 Å². The summed E-state index contributed by atoms with van der Waals surface area (Å²) in [6.45, 7) is 4.55. The summed E-state index contributed by atoms with van der Waals surface area (Å²) in [5.74, 6) is -0.666. The van der Waals surface area contributed by atoms with Crippen LogP contribution in [0.2, 0.25) is 0 Å². The highest BCUT2D eigenvalue weighted by molar-refractivity contribution is 5.85. The average molecular weight is 250 g/mol. The summed E-state index contributed by atoms with van der Waals surface area (Å²) < 4.78 is 0. The van der Waals surface area contributed by atoms with Crippen LogP contribution in [0, 0.1) is 0 Å². The Bertz CT molecular complexity index is 199. The Morgan fingerprint density at radius 3 is 2.75 bits per heavy atom. The highest BCUT2D eigenvalue weighted by Crippen LogP contribution is 2.19. The van der Waals surface area contributed by atoms with E-state index in [4.69, 9.17) is 5.11 Å². The van der Waals surface area contributed by atoms with Gasteiger partial charge in [-0.1, -0.05) is 13.3 Å². The van der Waals surface area contributed by atoms with Gasteiger partial charge in [0.1, 0.15) is 0 Å². The van der Waals surface area contributed by atoms with E-state index in [1.165, 1.54) is 32.2 Å². The number of halogens is 1. The first-order valence-electron chi connectivity index (χ1n) is 6.20. The second kappa shape index (κ2) is 8.82. The summed E-state index contributed by atoms with van der Waals surface area (Å²) in [6, 6.07) is 0.753. The lowest BCUT2D eigenvalue weighted by atomic mass is 9.99. The van der Waals surface area contributed by atoms with Crippen LogP contribution in [0.5, 0.6) is 0 Å². The maximum absolute atomic E-state index is 10.4. The SMILES string of the molecule is CCC1CCCCN1CCCCC(=O)O.Cl. The Hall–Kier alpha value is -0.280. The van der Waals surface area contributed by atoms with E-state index < -0.39 is 5.97 Å². The van der Waals surface area contributed by atoms with Crippen LogP contribution in [0.3, 0.4) is 0 Å². The molecule has 0 saturated carbocycles. The molecule has 1 N–H and O–H groups in total. The fraction of sp³-hybridized carbons (Fsp3) is 0.917. The number of unbranched alkanes of at least 4 members (excludes halogenated alkanes) is 1. The molecule has 1 aliphatic heterocycles. The highest BCUT2D eigenvalue weighted by Gasteiger charge is 2.19. The van der Waals surface area contributed by atoms with Gasteiger partial charge < -0.3 is 10.0 Å². The summed E-state index contributed by atoms with van der Waals surface area (Å²) in [5.41, 5.74) is 0. The van der Waals surface area contributed by atoms with Crippen molar-refractivity contribution >= 4 is 18.4 Å². The summed E-state index contributed by atoms with van der Waals surface area (Å²) in [7, 11) is 0. The first-order valence-corrected chi connectivity index (χ1v) is 6.20. The molecule has 1 aliphatic rings. The largest absolute Gasteiger partial charge is 0.481 e. The van der Waals surface area contributed by atoms with Gasteiger partial charge in [-0.25, -0.2) is 0 Å². The first kappa shape index (κ1) is 15.7. The molecule has 0 spiro atoms. The van der Waals surface area contributed by atoms with Crippen molar-refractivity contribution in [1.82, 2.24) is 4.90 Å². The van der Waals surface area contributed by atoms with Crippen LogP contribution in [-0.2, 0) is 4.79 Å². The molecule has 16 heavy (non-hydrogen) atoms. The number of carbonyl (C=O) groups is 1. The molecule has 1 unspecified atom stereocenters. The van der Waals surface area contributed by atoms with Crippen LogP contribution >= 0.6 is 12.4 Å². The van der Waals surface area contributed by atoms with Gasteiger partial charge in [0.15, 0.2) is 0 Å². The van der Waals surface area contributed by atoms with Crippen molar-refractivity contribution in [3.05, 3.63) is 0 Å². The minimum Gasteiger partial charge on any atom is -0.481 e. The third kappa shape index (κ3) is 5.71. The summed E-state index contributed by atoms with van der Waals surface area (Å²) in [4.78, 5) is 12.9. The molecular formula is C12H24ClNO2. The minimum absolute atomic E-state index is 0. The van der Waals surface area contributed by atoms with Gasteiger partial charge in [-0.15, -0.1) is 12.4 Å². The number of aliphatic carboxylic acids is 1. The van der Waals surface area contributed by atoms with Crippen LogP contribution in [-0.4, -0.2) is 35.1 Å². The molecule has 1 rings (SSSR count). The van der Waals surface area contributed by atoms with Crippen molar-refractivity contribution in [2.45, 2.75) is 57.9 Å². The van der Waals surface area contributed by atoms with Gasteiger partial charge in [0, 0.05) is 12.5 Å². The number of likely N-dealkylation sites (tertiary alicyclic amines) is 1. The highest BCUT2D eigenvalue weighted by atomic mass is 35.5. The lowest BCUT2D eigenvalue weighted by Gasteiger charge is -2.35. The van der Waals surface area contributed by atoms with E-state index in [9.17, 15) is 4.79 Å². The average Bonchev–Trinajstić information content (AvgIpc) is 2.24. The maximum atomic E-state index is 10.4. The summed E-state index contributed by atoms with van der Waals surface area (Å²) in [6.07, 6.45) is 7.42. The molecular weight excluding hydrogens is 226 g/mol. The zero-order chi connectivity index (χ0) is 11.1. The van der Waals surface area contributed by atoms with Gasteiger partial charge in [0.05, 0.1) is 0 Å². The summed E-state index contributed by atoms with van der Waals surface area (Å²) in [5, 5.41) is 8.54. The molecule has 0 aromatic carbocycles. The van der Waals surface area contributed by atoms with E-state index in [0.29, 0.717) is 6.42 Å². The fourth-order valence-corrected chi connectivity index (χ4v) is 2.41. The van der Waals surface area contributed by atoms with Gasteiger partial charge in [-0.05, 0) is 45.2 Å². The molecule has 0 aliphatic carbocycles. The topological polar surface area (TPSA) is 40.5 Å². The number of piperidine rings is 1. The number of hydrogen-bond acceptors (Lipinski definition) is 2. The van der Waals surface area contributed by atoms with E-state index in [1.807, 2.05) is 0 Å². The third-order valence-corrected chi connectivity index (χ3v) is 3.31. The lowest BCUT2D eigenvalue weighted by molar-refractivity contribution is -0.137. The van der Waals surface area contributed by atoms with Crippen molar-refractivity contribution in [2.75, 3.05) is 13.1 Å². The predicted molar refractivity (Wildman–Crippen MR) is 68.2 cm³/mol. The van der Waals surface area contributed by atoms with E-state index in [0.717, 1.165) is 25.4 Å².